The molecule has 0 spiro atoms. The van der Waals surface area contributed by atoms with E-state index in [0.717, 1.165) is 11.1 Å². The van der Waals surface area contributed by atoms with Gasteiger partial charge in [-0.1, -0.05) is 23.7 Å². The molecule has 1 heterocycles. The summed E-state index contributed by atoms with van der Waals surface area (Å²) in [6.45, 7) is 2.60. The van der Waals surface area contributed by atoms with E-state index in [1.54, 1.807) is 30.6 Å². The number of benzene rings is 1. The second-order valence-corrected chi connectivity index (χ2v) is 7.44. The van der Waals surface area contributed by atoms with Crippen molar-refractivity contribution in [2.75, 3.05) is 20.3 Å². The van der Waals surface area contributed by atoms with Crippen molar-refractivity contribution in [3.8, 4) is 0 Å². The van der Waals surface area contributed by atoms with Gasteiger partial charge in [-0.2, -0.15) is 4.31 Å². The first-order valence-electron chi connectivity index (χ1n) is 7.09. The maximum atomic E-state index is 12.9. The van der Waals surface area contributed by atoms with Crippen LogP contribution < -0.4 is 0 Å². The molecular formula is C16H19ClN2O3S. The summed E-state index contributed by atoms with van der Waals surface area (Å²) in [6.07, 6.45) is 3.29. The third-order valence-corrected chi connectivity index (χ3v) is 5.66. The molecule has 23 heavy (non-hydrogen) atoms. The minimum Gasteiger partial charge on any atom is -0.383 e. The highest BCUT2D eigenvalue weighted by molar-refractivity contribution is 7.89. The van der Waals surface area contributed by atoms with Crippen molar-refractivity contribution in [3.05, 3.63) is 58.9 Å². The van der Waals surface area contributed by atoms with E-state index < -0.39 is 10.0 Å². The lowest BCUT2D eigenvalue weighted by molar-refractivity contribution is 0.177. The molecule has 0 amide bonds. The molecule has 0 saturated heterocycles. The molecule has 124 valence electrons. The summed E-state index contributed by atoms with van der Waals surface area (Å²) in [5, 5.41) is 0.221. The first-order chi connectivity index (χ1) is 10.9. The van der Waals surface area contributed by atoms with E-state index >= 15 is 0 Å². The number of nitrogens with zero attached hydrogens (tertiary/aromatic N) is 2. The van der Waals surface area contributed by atoms with Crippen molar-refractivity contribution in [2.24, 2.45) is 0 Å². The Labute approximate surface area is 141 Å². The maximum Gasteiger partial charge on any atom is 0.244 e. The van der Waals surface area contributed by atoms with Crippen molar-refractivity contribution in [3.63, 3.8) is 0 Å². The molecule has 5 nitrogen and oxygen atoms in total. The molecule has 0 saturated carbocycles. The number of ether oxygens (including phenoxy) is 1. The standard InChI is InChI=1S/C16H19ClN2O3S/c1-13-5-6-16(15(17)10-13)23(20,21)19(8-9-22-2)12-14-4-3-7-18-11-14/h3-7,10-11H,8-9,12H2,1-2H3. The number of rotatable bonds is 7. The monoisotopic (exact) mass is 354 g/mol. The van der Waals surface area contributed by atoms with Gasteiger partial charge in [0.05, 0.1) is 11.6 Å². The summed E-state index contributed by atoms with van der Waals surface area (Å²) >= 11 is 6.15. The van der Waals surface area contributed by atoms with Crippen molar-refractivity contribution < 1.29 is 13.2 Å². The van der Waals surface area contributed by atoms with Crippen LogP contribution in [0.15, 0.2) is 47.6 Å². The summed E-state index contributed by atoms with van der Waals surface area (Å²) in [5.41, 5.74) is 1.71. The van der Waals surface area contributed by atoms with Crippen molar-refractivity contribution in [2.45, 2.75) is 18.4 Å². The van der Waals surface area contributed by atoms with Gasteiger partial charge in [0.2, 0.25) is 10.0 Å². The van der Waals surface area contributed by atoms with Crippen LogP contribution in [0.1, 0.15) is 11.1 Å². The number of hydrogen-bond acceptors (Lipinski definition) is 4. The Morgan fingerprint density at radius 2 is 2.09 bits per heavy atom. The van der Waals surface area contributed by atoms with Gasteiger partial charge >= 0.3 is 0 Å². The number of pyridine rings is 1. The van der Waals surface area contributed by atoms with Gasteiger partial charge in [-0.05, 0) is 36.2 Å². The first kappa shape index (κ1) is 17.9. The zero-order valence-electron chi connectivity index (χ0n) is 13.1. The average molecular weight is 355 g/mol. The second kappa shape index (κ2) is 7.88. The number of methoxy groups -OCH3 is 1. The van der Waals surface area contributed by atoms with E-state index in [1.165, 1.54) is 17.5 Å². The highest BCUT2D eigenvalue weighted by Crippen LogP contribution is 2.26. The van der Waals surface area contributed by atoms with Crippen LogP contribution in [0.5, 0.6) is 0 Å². The Kier molecular flexibility index (Phi) is 6.12. The molecule has 2 rings (SSSR count). The van der Waals surface area contributed by atoms with Gasteiger partial charge in [-0.25, -0.2) is 8.42 Å². The average Bonchev–Trinajstić information content (AvgIpc) is 2.52. The smallest absolute Gasteiger partial charge is 0.244 e. The Morgan fingerprint density at radius 3 is 2.70 bits per heavy atom. The van der Waals surface area contributed by atoms with Crippen molar-refractivity contribution in [1.82, 2.24) is 9.29 Å². The fourth-order valence-corrected chi connectivity index (χ4v) is 4.11. The zero-order chi connectivity index (χ0) is 16.9. The molecule has 0 N–H and O–H groups in total. The molecule has 0 fully saturated rings. The molecule has 0 atom stereocenters. The van der Waals surface area contributed by atoms with Crippen molar-refractivity contribution >= 4 is 21.6 Å². The zero-order valence-corrected chi connectivity index (χ0v) is 14.6. The minimum atomic E-state index is -3.73. The molecule has 1 aromatic carbocycles. The van der Waals surface area contributed by atoms with Crippen LogP contribution in [0, 0.1) is 6.92 Å². The lowest BCUT2D eigenvalue weighted by Crippen LogP contribution is -2.33. The summed E-state index contributed by atoms with van der Waals surface area (Å²) in [7, 11) is -2.19. The van der Waals surface area contributed by atoms with Crippen molar-refractivity contribution in [1.29, 1.82) is 0 Å². The number of halogens is 1. The van der Waals surface area contributed by atoms with E-state index in [1.807, 2.05) is 13.0 Å². The van der Waals surface area contributed by atoms with Crippen LogP contribution in [-0.2, 0) is 21.3 Å². The molecule has 0 bridgehead atoms. The normalized spacial score (nSPS) is 11.8. The van der Waals surface area contributed by atoms with E-state index in [-0.39, 0.29) is 23.0 Å². The number of hydrogen-bond donors (Lipinski definition) is 0. The third-order valence-electron chi connectivity index (χ3n) is 3.33. The Hall–Kier alpha value is -1.47. The van der Waals surface area contributed by atoms with E-state index in [0.29, 0.717) is 6.61 Å². The molecule has 0 radical (unpaired) electrons. The van der Waals surface area contributed by atoms with Gasteiger partial charge in [0.25, 0.3) is 0 Å². The topological polar surface area (TPSA) is 59.5 Å². The molecule has 1 aromatic heterocycles. The molecule has 7 heteroatoms. The maximum absolute atomic E-state index is 12.9. The number of aromatic nitrogens is 1. The van der Waals surface area contributed by atoms with Gasteiger partial charge < -0.3 is 4.74 Å². The summed E-state index contributed by atoms with van der Waals surface area (Å²) in [4.78, 5) is 4.12. The van der Waals surface area contributed by atoms with Gasteiger partial charge in [0, 0.05) is 32.6 Å². The lowest BCUT2D eigenvalue weighted by Gasteiger charge is -2.22. The lowest BCUT2D eigenvalue weighted by atomic mass is 10.2. The van der Waals surface area contributed by atoms with E-state index in [2.05, 4.69) is 4.98 Å². The third kappa shape index (κ3) is 4.51. The van der Waals surface area contributed by atoms with E-state index in [9.17, 15) is 8.42 Å². The van der Waals surface area contributed by atoms with Crippen LogP contribution in [0.25, 0.3) is 0 Å². The predicted molar refractivity (Wildman–Crippen MR) is 89.9 cm³/mol. The fourth-order valence-electron chi connectivity index (χ4n) is 2.13. The first-order valence-corrected chi connectivity index (χ1v) is 8.91. The molecule has 2 aromatic rings. The predicted octanol–water partition coefficient (Wildman–Crippen LogP) is 2.88. The summed E-state index contributed by atoms with van der Waals surface area (Å²) in [6, 6.07) is 8.52. The Bertz CT molecular complexity index is 751. The van der Waals surface area contributed by atoms with Crippen LogP contribution in [0.4, 0.5) is 0 Å². The quantitative estimate of drug-likeness (QED) is 0.767. The SMILES string of the molecule is COCCN(Cc1cccnc1)S(=O)(=O)c1ccc(C)cc1Cl. The molecule has 0 aliphatic heterocycles. The van der Waals surface area contributed by atoms with E-state index in [4.69, 9.17) is 16.3 Å². The number of sulfonamides is 1. The summed E-state index contributed by atoms with van der Waals surface area (Å²) in [5.74, 6) is 0. The summed E-state index contributed by atoms with van der Waals surface area (Å²) < 4.78 is 32.3. The number of aryl methyl sites for hydroxylation is 1. The highest BCUT2D eigenvalue weighted by Gasteiger charge is 2.26. The van der Waals surface area contributed by atoms with Crippen LogP contribution in [0.2, 0.25) is 5.02 Å². The Morgan fingerprint density at radius 1 is 1.30 bits per heavy atom. The fraction of sp³-hybridized carbons (Fsp3) is 0.312. The Balaban J connectivity index is 2.36. The van der Waals surface area contributed by atoms with Crippen LogP contribution in [0.3, 0.4) is 0 Å². The molecule has 0 unspecified atom stereocenters. The van der Waals surface area contributed by atoms with Crippen LogP contribution >= 0.6 is 11.6 Å². The van der Waals surface area contributed by atoms with Crippen LogP contribution in [-0.4, -0.2) is 38.0 Å². The second-order valence-electron chi connectivity index (χ2n) is 5.13. The molecule has 0 aliphatic carbocycles. The van der Waals surface area contributed by atoms with Gasteiger partial charge in [0.1, 0.15) is 4.90 Å². The van der Waals surface area contributed by atoms with Gasteiger partial charge in [-0.3, -0.25) is 4.98 Å². The highest BCUT2D eigenvalue weighted by atomic mass is 35.5. The molecular weight excluding hydrogens is 336 g/mol. The largest absolute Gasteiger partial charge is 0.383 e. The van der Waals surface area contributed by atoms with Gasteiger partial charge in [-0.15, -0.1) is 0 Å². The minimum absolute atomic E-state index is 0.102. The van der Waals surface area contributed by atoms with Gasteiger partial charge in [0.15, 0.2) is 0 Å². The molecule has 0 aliphatic rings.